The van der Waals surface area contributed by atoms with Gasteiger partial charge in [0.2, 0.25) is 0 Å². The van der Waals surface area contributed by atoms with Gasteiger partial charge in [-0.2, -0.15) is 13.2 Å². The van der Waals surface area contributed by atoms with E-state index in [2.05, 4.69) is 4.90 Å². The number of likely N-dealkylation sites (tertiary alicyclic amines) is 1. The Morgan fingerprint density at radius 2 is 1.72 bits per heavy atom. The lowest BCUT2D eigenvalue weighted by atomic mass is 10.0. The Balaban J connectivity index is 1.45. The average molecular weight is 402 g/mol. The third-order valence-electron chi connectivity index (χ3n) is 5.64. The van der Waals surface area contributed by atoms with E-state index in [1.807, 2.05) is 37.4 Å². The van der Waals surface area contributed by atoms with E-state index in [0.717, 1.165) is 30.3 Å². The maximum Gasteiger partial charge on any atom is 0.416 e. The van der Waals surface area contributed by atoms with Crippen LogP contribution < -0.4 is 5.06 Å². The molecule has 1 saturated heterocycles. The van der Waals surface area contributed by atoms with Gasteiger partial charge in [0.25, 0.3) is 0 Å². The Labute approximate surface area is 169 Å². The van der Waals surface area contributed by atoms with E-state index in [1.54, 1.807) is 11.1 Å². The monoisotopic (exact) mass is 402 g/mol. The zero-order valence-electron chi connectivity index (χ0n) is 16.5. The first-order valence-electron chi connectivity index (χ1n) is 10.1. The molecule has 6 heteroatoms. The average Bonchev–Trinajstić information content (AvgIpc) is 3.35. The molecule has 0 saturated carbocycles. The standard InChI is InChI=1S/C23H25F3N2O/c1-17-20(11-14-27-12-2-3-13-27)16-28(29-17)22-9-7-18(8-10-22)19-5-4-6-21(15-19)23(24,25)26/h4-10,15-17H,2-3,11-14H2,1H3. The molecule has 0 spiro atoms. The topological polar surface area (TPSA) is 15.7 Å². The number of benzene rings is 2. The molecule has 2 aromatic carbocycles. The molecule has 0 amide bonds. The smallest absolute Gasteiger partial charge is 0.303 e. The van der Waals surface area contributed by atoms with Crippen LogP contribution in [0.5, 0.6) is 0 Å². The second-order valence-corrected chi connectivity index (χ2v) is 7.70. The lowest BCUT2D eigenvalue weighted by Crippen LogP contribution is -2.22. The summed E-state index contributed by atoms with van der Waals surface area (Å²) in [6.07, 6.45) is 1.29. The molecule has 0 aliphatic carbocycles. The maximum absolute atomic E-state index is 13.0. The van der Waals surface area contributed by atoms with Crippen LogP contribution in [0, 0.1) is 0 Å². The molecule has 1 fully saturated rings. The summed E-state index contributed by atoms with van der Waals surface area (Å²) in [7, 11) is 0. The predicted octanol–water partition coefficient (Wildman–Crippen LogP) is 5.88. The van der Waals surface area contributed by atoms with Crippen molar-refractivity contribution in [2.45, 2.75) is 38.5 Å². The second-order valence-electron chi connectivity index (χ2n) is 7.70. The van der Waals surface area contributed by atoms with Crippen LogP contribution in [0.4, 0.5) is 18.9 Å². The van der Waals surface area contributed by atoms with Gasteiger partial charge in [-0.25, -0.2) is 5.06 Å². The van der Waals surface area contributed by atoms with Crippen molar-refractivity contribution in [1.29, 1.82) is 0 Å². The summed E-state index contributed by atoms with van der Waals surface area (Å²) in [5.74, 6) is 0. The molecule has 0 N–H and O–H groups in total. The molecule has 0 aromatic heterocycles. The fourth-order valence-electron chi connectivity index (χ4n) is 3.90. The van der Waals surface area contributed by atoms with Crippen molar-refractivity contribution in [2.24, 2.45) is 0 Å². The molecule has 2 aliphatic heterocycles. The number of anilines is 1. The predicted molar refractivity (Wildman–Crippen MR) is 108 cm³/mol. The van der Waals surface area contributed by atoms with Crippen LogP contribution in [0.3, 0.4) is 0 Å². The number of hydroxylamine groups is 1. The minimum Gasteiger partial charge on any atom is -0.303 e. The number of alkyl halides is 3. The SMILES string of the molecule is CC1ON(c2ccc(-c3cccc(C(F)(F)F)c3)cc2)C=C1CCN1CCCC1. The van der Waals surface area contributed by atoms with Gasteiger partial charge in [0.05, 0.1) is 11.3 Å². The van der Waals surface area contributed by atoms with Gasteiger partial charge in [0.1, 0.15) is 6.10 Å². The van der Waals surface area contributed by atoms with Crippen molar-refractivity contribution < 1.29 is 18.0 Å². The summed E-state index contributed by atoms with van der Waals surface area (Å²) in [6, 6.07) is 12.8. The van der Waals surface area contributed by atoms with Crippen LogP contribution in [0.2, 0.25) is 0 Å². The van der Waals surface area contributed by atoms with Crippen molar-refractivity contribution in [3.63, 3.8) is 0 Å². The number of hydrogen-bond acceptors (Lipinski definition) is 3. The van der Waals surface area contributed by atoms with Crippen LogP contribution in [0.15, 0.2) is 60.3 Å². The van der Waals surface area contributed by atoms with Gasteiger partial charge in [-0.05, 0) is 80.2 Å². The van der Waals surface area contributed by atoms with Gasteiger partial charge < -0.3 is 4.90 Å². The van der Waals surface area contributed by atoms with Gasteiger partial charge in [-0.1, -0.05) is 24.3 Å². The third kappa shape index (κ3) is 4.65. The zero-order valence-corrected chi connectivity index (χ0v) is 16.5. The summed E-state index contributed by atoms with van der Waals surface area (Å²) in [5.41, 5.74) is 2.78. The first-order chi connectivity index (χ1) is 13.9. The number of nitrogens with zero attached hydrogens (tertiary/aromatic N) is 2. The van der Waals surface area contributed by atoms with Crippen LogP contribution >= 0.6 is 0 Å². The van der Waals surface area contributed by atoms with E-state index in [1.165, 1.54) is 43.6 Å². The van der Waals surface area contributed by atoms with Crippen molar-refractivity contribution in [2.75, 3.05) is 24.7 Å². The lowest BCUT2D eigenvalue weighted by Gasteiger charge is -2.17. The molecule has 154 valence electrons. The highest BCUT2D eigenvalue weighted by molar-refractivity contribution is 5.67. The quantitative estimate of drug-likeness (QED) is 0.621. The van der Waals surface area contributed by atoms with Gasteiger partial charge in [-0.15, -0.1) is 0 Å². The highest BCUT2D eigenvalue weighted by atomic mass is 19.4. The van der Waals surface area contributed by atoms with Crippen LogP contribution in [0.25, 0.3) is 11.1 Å². The molecule has 0 bridgehead atoms. The van der Waals surface area contributed by atoms with E-state index in [-0.39, 0.29) is 6.10 Å². The van der Waals surface area contributed by atoms with Gasteiger partial charge in [0.15, 0.2) is 0 Å². The molecular weight excluding hydrogens is 377 g/mol. The van der Waals surface area contributed by atoms with E-state index in [9.17, 15) is 13.2 Å². The summed E-state index contributed by atoms with van der Waals surface area (Å²) in [4.78, 5) is 8.44. The minimum absolute atomic E-state index is 0.0285. The second kappa shape index (κ2) is 8.20. The Bertz CT molecular complexity index is 870. The van der Waals surface area contributed by atoms with Crippen LogP contribution in [-0.2, 0) is 11.0 Å². The van der Waals surface area contributed by atoms with E-state index < -0.39 is 11.7 Å². The molecule has 0 radical (unpaired) electrons. The Hall–Kier alpha value is -2.31. The Morgan fingerprint density at radius 3 is 2.41 bits per heavy atom. The molecule has 4 rings (SSSR count). The van der Waals surface area contributed by atoms with Gasteiger partial charge in [0, 0.05) is 12.7 Å². The molecular formula is C23H25F3N2O. The molecule has 1 unspecified atom stereocenters. The number of hydrogen-bond donors (Lipinski definition) is 0. The number of halogens is 3. The lowest BCUT2D eigenvalue weighted by molar-refractivity contribution is -0.137. The van der Waals surface area contributed by atoms with Crippen LogP contribution in [-0.4, -0.2) is 30.6 Å². The minimum atomic E-state index is -4.34. The van der Waals surface area contributed by atoms with Crippen molar-refractivity contribution >= 4 is 5.69 Å². The summed E-state index contributed by atoms with van der Waals surface area (Å²) >= 11 is 0. The first-order valence-corrected chi connectivity index (χ1v) is 10.1. The van der Waals surface area contributed by atoms with Gasteiger partial charge in [-0.3, -0.25) is 4.84 Å². The molecule has 2 aromatic rings. The molecule has 3 nitrogen and oxygen atoms in total. The highest BCUT2D eigenvalue weighted by Crippen LogP contribution is 2.33. The summed E-state index contributed by atoms with van der Waals surface area (Å²) in [5, 5.41) is 1.76. The Morgan fingerprint density at radius 1 is 1.00 bits per heavy atom. The zero-order chi connectivity index (χ0) is 20.4. The first kappa shape index (κ1) is 20.0. The van der Waals surface area contributed by atoms with E-state index in [0.29, 0.717) is 5.56 Å². The maximum atomic E-state index is 13.0. The fraction of sp³-hybridized carbons (Fsp3) is 0.391. The third-order valence-corrected chi connectivity index (χ3v) is 5.64. The molecule has 2 aliphatic rings. The van der Waals surface area contributed by atoms with Crippen molar-refractivity contribution in [1.82, 2.24) is 4.90 Å². The Kier molecular flexibility index (Phi) is 5.65. The summed E-state index contributed by atoms with van der Waals surface area (Å²) in [6.45, 7) is 5.47. The largest absolute Gasteiger partial charge is 0.416 e. The van der Waals surface area contributed by atoms with Crippen molar-refractivity contribution in [3.05, 3.63) is 65.9 Å². The highest BCUT2D eigenvalue weighted by Gasteiger charge is 2.30. The fourth-order valence-corrected chi connectivity index (χ4v) is 3.90. The van der Waals surface area contributed by atoms with Crippen LogP contribution in [0.1, 0.15) is 31.7 Å². The number of rotatable bonds is 5. The molecule has 2 heterocycles. The van der Waals surface area contributed by atoms with Crippen molar-refractivity contribution in [3.8, 4) is 11.1 Å². The van der Waals surface area contributed by atoms with Gasteiger partial charge >= 0.3 is 6.18 Å². The molecule has 29 heavy (non-hydrogen) atoms. The van der Waals surface area contributed by atoms with E-state index in [4.69, 9.17) is 4.84 Å². The summed E-state index contributed by atoms with van der Waals surface area (Å²) < 4.78 is 38.9. The molecule has 1 atom stereocenters. The normalized spacial score (nSPS) is 20.3. The van der Waals surface area contributed by atoms with E-state index >= 15 is 0 Å².